The van der Waals surface area contributed by atoms with Crippen LogP contribution < -0.4 is 0 Å². The lowest BCUT2D eigenvalue weighted by molar-refractivity contribution is 0.0921. The Morgan fingerprint density at radius 2 is 2.88 bits per heavy atom. The van der Waals surface area contributed by atoms with Crippen LogP contribution in [0, 0.1) is 0 Å². The van der Waals surface area contributed by atoms with Crippen molar-refractivity contribution < 1.29 is 4.84 Å². The van der Waals surface area contributed by atoms with E-state index in [1.54, 1.807) is 5.37 Å². The zero-order chi connectivity index (χ0) is 5.82. The van der Waals surface area contributed by atoms with E-state index >= 15 is 0 Å². The summed E-state index contributed by atoms with van der Waals surface area (Å²) in [5.74, 6) is 0. The largest absolute Gasteiger partial charge is 0.391 e. The molecule has 0 spiro atoms. The van der Waals surface area contributed by atoms with E-state index in [9.17, 15) is 0 Å². The molecule has 1 heterocycles. The second kappa shape index (κ2) is 2.77. The molecule has 1 aliphatic rings. The van der Waals surface area contributed by atoms with E-state index < -0.39 is 0 Å². The molecule has 0 aromatic rings. The smallest absolute Gasteiger partial charge is 0.137 e. The first-order chi connectivity index (χ1) is 3.93. The molecule has 8 heavy (non-hydrogen) atoms. The highest BCUT2D eigenvalue weighted by Crippen LogP contribution is 2.06. The molecule has 43 valence electrons. The van der Waals surface area contributed by atoms with Gasteiger partial charge in [-0.3, -0.25) is 0 Å². The van der Waals surface area contributed by atoms with E-state index in [4.69, 9.17) is 4.84 Å². The van der Waals surface area contributed by atoms with Gasteiger partial charge in [0.15, 0.2) is 0 Å². The molecule has 0 fully saturated rings. The van der Waals surface area contributed by atoms with Crippen LogP contribution in [0.2, 0.25) is 0 Å². The Hall–Kier alpha value is -0.440. The van der Waals surface area contributed by atoms with Crippen molar-refractivity contribution in [3.05, 3.63) is 0 Å². The Morgan fingerprint density at radius 3 is 3.38 bits per heavy atom. The van der Waals surface area contributed by atoms with Gasteiger partial charge >= 0.3 is 0 Å². The van der Waals surface area contributed by atoms with Gasteiger partial charge in [-0.05, 0) is 5.37 Å². The minimum absolute atomic E-state index is 0.174. The molecule has 1 atom stereocenters. The van der Waals surface area contributed by atoms with Crippen LogP contribution in [0.15, 0.2) is 5.16 Å². The lowest BCUT2D eigenvalue weighted by Crippen LogP contribution is -2.03. The molecule has 2 nitrogen and oxygen atoms in total. The minimum Gasteiger partial charge on any atom is -0.391 e. The Labute approximate surface area is 53.5 Å². The molecule has 1 radical (unpaired) electrons. The Bertz CT molecular complexity index is 105. The molecule has 0 saturated heterocycles. The first-order valence-corrected chi connectivity index (χ1v) is 2.93. The number of thiocarbonyl (C=S) groups is 1. The van der Waals surface area contributed by atoms with E-state index in [2.05, 4.69) is 23.6 Å². The minimum atomic E-state index is 0.174. The van der Waals surface area contributed by atoms with Gasteiger partial charge in [0.25, 0.3) is 0 Å². The standard InChI is InChI=1S/C5H6NOS/c8-4-2-5-1-3-6-7-5/h4-5H,1-2H2. The Morgan fingerprint density at radius 1 is 2.00 bits per heavy atom. The van der Waals surface area contributed by atoms with E-state index in [1.807, 2.05) is 0 Å². The predicted octanol–water partition coefficient (Wildman–Crippen LogP) is 1.03. The fourth-order valence-electron chi connectivity index (χ4n) is 0.522. The van der Waals surface area contributed by atoms with Crippen molar-refractivity contribution in [2.75, 3.05) is 0 Å². The summed E-state index contributed by atoms with van der Waals surface area (Å²) in [7, 11) is 0. The van der Waals surface area contributed by atoms with Crippen molar-refractivity contribution in [1.29, 1.82) is 0 Å². The van der Waals surface area contributed by atoms with Crippen LogP contribution in [0.1, 0.15) is 12.8 Å². The maximum absolute atomic E-state index is 4.81. The van der Waals surface area contributed by atoms with Crippen molar-refractivity contribution in [3.63, 3.8) is 0 Å². The lowest BCUT2D eigenvalue weighted by atomic mass is 10.2. The van der Waals surface area contributed by atoms with Gasteiger partial charge in [-0.25, -0.2) is 0 Å². The topological polar surface area (TPSA) is 21.6 Å². The predicted molar refractivity (Wildman–Crippen MR) is 35.2 cm³/mol. The van der Waals surface area contributed by atoms with E-state index in [-0.39, 0.29) is 6.10 Å². The normalized spacial score (nSPS) is 25.2. The van der Waals surface area contributed by atoms with E-state index in [0.717, 1.165) is 12.8 Å². The molecule has 0 bridgehead atoms. The van der Waals surface area contributed by atoms with Gasteiger partial charge in [-0.2, -0.15) is 0 Å². The number of nitrogens with zero attached hydrogens (tertiary/aromatic N) is 1. The van der Waals surface area contributed by atoms with Gasteiger partial charge in [0, 0.05) is 12.8 Å². The summed E-state index contributed by atoms with van der Waals surface area (Å²) in [5, 5.41) is 5.13. The molecule has 3 heteroatoms. The highest BCUT2D eigenvalue weighted by Gasteiger charge is 2.10. The summed E-state index contributed by atoms with van der Waals surface area (Å²) in [4.78, 5) is 4.81. The Kier molecular flexibility index (Phi) is 1.97. The van der Waals surface area contributed by atoms with E-state index in [1.165, 1.54) is 0 Å². The molecular weight excluding hydrogens is 122 g/mol. The van der Waals surface area contributed by atoms with Gasteiger partial charge in [-0.1, -0.05) is 17.4 Å². The molecule has 1 unspecified atom stereocenters. The van der Waals surface area contributed by atoms with Crippen LogP contribution in [-0.4, -0.2) is 17.7 Å². The van der Waals surface area contributed by atoms with Crippen LogP contribution in [0.4, 0.5) is 0 Å². The van der Waals surface area contributed by atoms with Crippen molar-refractivity contribution in [2.24, 2.45) is 5.16 Å². The van der Waals surface area contributed by atoms with Crippen molar-refractivity contribution >= 4 is 23.8 Å². The molecule has 0 saturated carbocycles. The lowest BCUT2D eigenvalue weighted by Gasteiger charge is -2.00. The van der Waals surface area contributed by atoms with Crippen LogP contribution in [0.25, 0.3) is 0 Å². The number of hydrogen-bond acceptors (Lipinski definition) is 3. The summed E-state index contributed by atoms with van der Waals surface area (Å²) >= 11 is 4.61. The monoisotopic (exact) mass is 128 g/mol. The molecule has 0 amide bonds. The highest BCUT2D eigenvalue weighted by molar-refractivity contribution is 7.78. The van der Waals surface area contributed by atoms with Gasteiger partial charge in [-0.15, -0.1) is 0 Å². The molecule has 0 aromatic carbocycles. The summed E-state index contributed by atoms with van der Waals surface area (Å²) in [5.41, 5.74) is 0. The molecule has 0 aromatic heterocycles. The number of hydrogen-bond donors (Lipinski definition) is 0. The number of rotatable bonds is 2. The van der Waals surface area contributed by atoms with Gasteiger partial charge < -0.3 is 4.84 Å². The zero-order valence-electron chi connectivity index (χ0n) is 4.33. The van der Waals surface area contributed by atoms with Crippen molar-refractivity contribution in [1.82, 2.24) is 0 Å². The fraction of sp³-hybridized carbons (Fsp3) is 0.600. The first-order valence-electron chi connectivity index (χ1n) is 2.46. The maximum atomic E-state index is 4.81. The summed E-state index contributed by atoms with van der Waals surface area (Å²) < 4.78 is 0. The van der Waals surface area contributed by atoms with Crippen LogP contribution >= 0.6 is 12.2 Å². The van der Waals surface area contributed by atoms with Gasteiger partial charge in [0.2, 0.25) is 0 Å². The van der Waals surface area contributed by atoms with Crippen LogP contribution in [0.3, 0.4) is 0 Å². The molecule has 0 aliphatic carbocycles. The third-order valence-corrected chi connectivity index (χ3v) is 1.14. The molecule has 1 rings (SSSR count). The molecular formula is C5H6NOS. The summed E-state index contributed by atoms with van der Waals surface area (Å²) in [6, 6.07) is 0. The maximum Gasteiger partial charge on any atom is 0.137 e. The molecule has 0 N–H and O–H groups in total. The van der Waals surface area contributed by atoms with E-state index in [0.29, 0.717) is 0 Å². The third kappa shape index (κ3) is 1.26. The molecule has 1 aliphatic heterocycles. The fourth-order valence-corrected chi connectivity index (χ4v) is 0.736. The third-order valence-electron chi connectivity index (χ3n) is 0.944. The summed E-state index contributed by atoms with van der Waals surface area (Å²) in [6.07, 6.45) is 4.45. The SMILES string of the molecule is S=CCC1C[C]=NO1. The summed E-state index contributed by atoms with van der Waals surface area (Å²) in [6.45, 7) is 0. The quantitative estimate of drug-likeness (QED) is 0.518. The average Bonchev–Trinajstić information content (AvgIpc) is 2.19. The Balaban J connectivity index is 2.19. The van der Waals surface area contributed by atoms with Gasteiger partial charge in [0.1, 0.15) is 12.3 Å². The van der Waals surface area contributed by atoms with Crippen LogP contribution in [-0.2, 0) is 4.84 Å². The van der Waals surface area contributed by atoms with Crippen molar-refractivity contribution in [3.8, 4) is 0 Å². The highest BCUT2D eigenvalue weighted by atomic mass is 32.1. The second-order valence-electron chi connectivity index (χ2n) is 1.58. The average molecular weight is 128 g/mol. The van der Waals surface area contributed by atoms with Crippen LogP contribution in [0.5, 0.6) is 0 Å². The van der Waals surface area contributed by atoms with Gasteiger partial charge in [0.05, 0.1) is 0 Å². The first kappa shape index (κ1) is 5.69. The second-order valence-corrected chi connectivity index (χ2v) is 1.92. The zero-order valence-corrected chi connectivity index (χ0v) is 5.15. The van der Waals surface area contributed by atoms with Crippen molar-refractivity contribution in [2.45, 2.75) is 18.9 Å².